The highest BCUT2D eigenvalue weighted by atomic mass is 35.5. The van der Waals surface area contributed by atoms with E-state index >= 15 is 0 Å². The summed E-state index contributed by atoms with van der Waals surface area (Å²) in [6, 6.07) is 1.07. The van der Waals surface area contributed by atoms with Crippen molar-refractivity contribution in [3.05, 3.63) is 0 Å². The summed E-state index contributed by atoms with van der Waals surface area (Å²) < 4.78 is 0. The van der Waals surface area contributed by atoms with E-state index in [1.165, 1.54) is 12.8 Å². The number of hydrogen-bond donors (Lipinski definition) is 1. The fraction of sp³-hybridized carbons (Fsp3) is 0.875. The Morgan fingerprint density at radius 1 is 1.25 bits per heavy atom. The van der Waals surface area contributed by atoms with Gasteiger partial charge in [-0.25, -0.2) is 0 Å². The number of nitrogens with one attached hydrogen (secondary N) is 1. The summed E-state index contributed by atoms with van der Waals surface area (Å²) in [6.45, 7) is 2.07. The molecule has 1 saturated carbocycles. The standard InChI is InChI=1S/C8H14N2O.ClH/c11-6-10(7-1-2-7)8-3-4-9-5-8;/h6-9H,1-5H2;1H/t8-;/m0./s1. The molecule has 2 fully saturated rings. The van der Waals surface area contributed by atoms with Crippen LogP contribution >= 0.6 is 12.4 Å². The fourth-order valence-corrected chi connectivity index (χ4v) is 1.74. The first-order valence-corrected chi connectivity index (χ1v) is 4.35. The Morgan fingerprint density at radius 3 is 2.42 bits per heavy atom. The topological polar surface area (TPSA) is 32.3 Å². The summed E-state index contributed by atoms with van der Waals surface area (Å²) in [5.41, 5.74) is 0. The van der Waals surface area contributed by atoms with Crippen LogP contribution in [-0.2, 0) is 4.79 Å². The molecule has 0 aromatic heterocycles. The highest BCUT2D eigenvalue weighted by Crippen LogP contribution is 2.28. The number of carbonyl (C=O) groups excluding carboxylic acids is 1. The maximum absolute atomic E-state index is 10.7. The third-order valence-electron chi connectivity index (χ3n) is 2.55. The molecular weight excluding hydrogens is 176 g/mol. The van der Waals surface area contributed by atoms with E-state index in [1.54, 1.807) is 0 Å². The number of carbonyl (C=O) groups is 1. The Labute approximate surface area is 78.9 Å². The molecule has 1 saturated heterocycles. The SMILES string of the molecule is Cl.O=CN(C1CC1)[C@H]1CCNC1. The molecular formula is C8H15ClN2O. The zero-order chi connectivity index (χ0) is 7.68. The van der Waals surface area contributed by atoms with E-state index in [1.807, 2.05) is 4.90 Å². The second-order valence-corrected chi connectivity index (χ2v) is 3.43. The Kier molecular flexibility index (Phi) is 3.35. The van der Waals surface area contributed by atoms with Crippen LogP contribution < -0.4 is 5.32 Å². The molecule has 1 heterocycles. The van der Waals surface area contributed by atoms with Crippen molar-refractivity contribution >= 4 is 18.8 Å². The number of rotatable bonds is 3. The summed E-state index contributed by atoms with van der Waals surface area (Å²) in [6.07, 6.45) is 4.59. The minimum Gasteiger partial charge on any atom is -0.338 e. The summed E-state index contributed by atoms with van der Waals surface area (Å²) in [5, 5.41) is 3.27. The van der Waals surface area contributed by atoms with Crippen molar-refractivity contribution in [2.75, 3.05) is 13.1 Å². The molecule has 2 rings (SSSR count). The normalized spacial score (nSPS) is 27.8. The van der Waals surface area contributed by atoms with Crippen LogP contribution in [0.25, 0.3) is 0 Å². The maximum Gasteiger partial charge on any atom is 0.210 e. The van der Waals surface area contributed by atoms with Gasteiger partial charge in [-0.15, -0.1) is 12.4 Å². The lowest BCUT2D eigenvalue weighted by Gasteiger charge is -2.23. The van der Waals surface area contributed by atoms with Gasteiger partial charge in [0.2, 0.25) is 6.41 Å². The largest absolute Gasteiger partial charge is 0.338 e. The molecule has 1 atom stereocenters. The molecule has 0 bridgehead atoms. The van der Waals surface area contributed by atoms with Gasteiger partial charge in [0, 0.05) is 18.6 Å². The van der Waals surface area contributed by atoms with Crippen molar-refractivity contribution in [2.24, 2.45) is 0 Å². The van der Waals surface area contributed by atoms with Gasteiger partial charge in [-0.3, -0.25) is 4.79 Å². The molecule has 3 nitrogen and oxygen atoms in total. The Morgan fingerprint density at radius 2 is 2.00 bits per heavy atom. The molecule has 1 aliphatic carbocycles. The number of nitrogens with zero attached hydrogens (tertiary/aromatic N) is 1. The summed E-state index contributed by atoms with van der Waals surface area (Å²) >= 11 is 0. The quantitative estimate of drug-likeness (QED) is 0.654. The van der Waals surface area contributed by atoms with Crippen molar-refractivity contribution in [3.63, 3.8) is 0 Å². The molecule has 0 radical (unpaired) electrons. The van der Waals surface area contributed by atoms with Gasteiger partial charge < -0.3 is 10.2 Å². The second-order valence-electron chi connectivity index (χ2n) is 3.43. The van der Waals surface area contributed by atoms with E-state index in [-0.39, 0.29) is 12.4 Å². The van der Waals surface area contributed by atoms with Gasteiger partial charge in [0.15, 0.2) is 0 Å². The van der Waals surface area contributed by atoms with E-state index < -0.39 is 0 Å². The van der Waals surface area contributed by atoms with E-state index in [0.717, 1.165) is 25.9 Å². The molecule has 12 heavy (non-hydrogen) atoms. The van der Waals surface area contributed by atoms with E-state index in [0.29, 0.717) is 12.1 Å². The third kappa shape index (κ3) is 1.90. The van der Waals surface area contributed by atoms with Crippen LogP contribution in [0.4, 0.5) is 0 Å². The van der Waals surface area contributed by atoms with Crippen LogP contribution in [0.3, 0.4) is 0 Å². The lowest BCUT2D eigenvalue weighted by Crippen LogP contribution is -2.37. The van der Waals surface area contributed by atoms with Crippen molar-refractivity contribution in [2.45, 2.75) is 31.3 Å². The van der Waals surface area contributed by atoms with Crippen molar-refractivity contribution in [3.8, 4) is 0 Å². The highest BCUT2D eigenvalue weighted by Gasteiger charge is 2.33. The number of amides is 1. The number of hydrogen-bond acceptors (Lipinski definition) is 2. The van der Waals surface area contributed by atoms with Gasteiger partial charge in [0.1, 0.15) is 0 Å². The van der Waals surface area contributed by atoms with Crippen LogP contribution in [0.5, 0.6) is 0 Å². The van der Waals surface area contributed by atoms with E-state index in [4.69, 9.17) is 0 Å². The molecule has 2 aliphatic rings. The molecule has 0 aromatic carbocycles. The van der Waals surface area contributed by atoms with Gasteiger partial charge in [-0.05, 0) is 25.8 Å². The van der Waals surface area contributed by atoms with Crippen molar-refractivity contribution in [1.82, 2.24) is 10.2 Å². The van der Waals surface area contributed by atoms with E-state index in [2.05, 4.69) is 5.32 Å². The summed E-state index contributed by atoms with van der Waals surface area (Å²) in [5.74, 6) is 0. The van der Waals surface area contributed by atoms with Crippen molar-refractivity contribution < 1.29 is 4.79 Å². The monoisotopic (exact) mass is 190 g/mol. The highest BCUT2D eigenvalue weighted by molar-refractivity contribution is 5.85. The summed E-state index contributed by atoms with van der Waals surface area (Å²) in [7, 11) is 0. The average Bonchev–Trinajstić information content (AvgIpc) is 2.68. The summed E-state index contributed by atoms with van der Waals surface area (Å²) in [4.78, 5) is 12.7. The third-order valence-corrected chi connectivity index (χ3v) is 2.55. The lowest BCUT2D eigenvalue weighted by atomic mass is 10.2. The van der Waals surface area contributed by atoms with Crippen LogP contribution in [-0.4, -0.2) is 36.5 Å². The molecule has 70 valence electrons. The Hall–Kier alpha value is -0.280. The van der Waals surface area contributed by atoms with E-state index in [9.17, 15) is 4.79 Å². The fourth-order valence-electron chi connectivity index (χ4n) is 1.74. The molecule has 0 spiro atoms. The smallest absolute Gasteiger partial charge is 0.210 e. The van der Waals surface area contributed by atoms with Gasteiger partial charge in [0.05, 0.1) is 0 Å². The lowest BCUT2D eigenvalue weighted by molar-refractivity contribution is -0.120. The first kappa shape index (κ1) is 9.81. The van der Waals surface area contributed by atoms with Gasteiger partial charge in [-0.1, -0.05) is 0 Å². The van der Waals surface area contributed by atoms with Gasteiger partial charge >= 0.3 is 0 Å². The molecule has 1 amide bonds. The molecule has 0 unspecified atom stereocenters. The molecule has 4 heteroatoms. The first-order chi connectivity index (χ1) is 5.42. The van der Waals surface area contributed by atoms with Crippen LogP contribution in [0.2, 0.25) is 0 Å². The maximum atomic E-state index is 10.7. The molecule has 0 aromatic rings. The zero-order valence-corrected chi connectivity index (χ0v) is 7.85. The van der Waals surface area contributed by atoms with Gasteiger partial charge in [-0.2, -0.15) is 0 Å². The number of halogens is 1. The predicted molar refractivity (Wildman–Crippen MR) is 49.4 cm³/mol. The predicted octanol–water partition coefficient (Wildman–Crippen LogP) is 0.391. The first-order valence-electron chi connectivity index (χ1n) is 4.35. The zero-order valence-electron chi connectivity index (χ0n) is 7.03. The average molecular weight is 191 g/mol. The minimum atomic E-state index is 0. The minimum absolute atomic E-state index is 0. The molecule has 1 N–H and O–H groups in total. The second kappa shape index (κ2) is 4.10. The van der Waals surface area contributed by atoms with Crippen LogP contribution in [0.15, 0.2) is 0 Å². The molecule has 1 aliphatic heterocycles. The Bertz CT molecular complexity index is 155. The van der Waals surface area contributed by atoms with Crippen LogP contribution in [0, 0.1) is 0 Å². The van der Waals surface area contributed by atoms with Crippen molar-refractivity contribution in [1.29, 1.82) is 0 Å². The van der Waals surface area contributed by atoms with Crippen LogP contribution in [0.1, 0.15) is 19.3 Å². The van der Waals surface area contributed by atoms with Gasteiger partial charge in [0.25, 0.3) is 0 Å². The Balaban J connectivity index is 0.000000720.